The molecule has 3 aromatic rings. The Morgan fingerprint density at radius 3 is 2.36 bits per heavy atom. The summed E-state index contributed by atoms with van der Waals surface area (Å²) in [7, 11) is 1.63. The van der Waals surface area contributed by atoms with E-state index < -0.39 is 0 Å². The number of carbonyl (C=O) groups is 1. The molecule has 1 heterocycles. The number of nitrogens with one attached hydrogen (secondary N) is 2. The first-order chi connectivity index (χ1) is 13.7. The molecule has 2 N–H and O–H groups in total. The summed E-state index contributed by atoms with van der Waals surface area (Å²) in [6, 6.07) is 16.7. The van der Waals surface area contributed by atoms with Crippen LogP contribution in [0.25, 0.3) is 0 Å². The van der Waals surface area contributed by atoms with Gasteiger partial charge in [0, 0.05) is 24.6 Å². The van der Waals surface area contributed by atoms with E-state index in [0.29, 0.717) is 23.6 Å². The van der Waals surface area contributed by atoms with Gasteiger partial charge in [-0.15, -0.1) is 0 Å². The zero-order valence-corrected chi connectivity index (χ0v) is 15.3. The summed E-state index contributed by atoms with van der Waals surface area (Å²) in [5, 5.41) is 14.7. The zero-order chi connectivity index (χ0) is 19.8. The van der Waals surface area contributed by atoms with Crippen LogP contribution in [0.15, 0.2) is 60.9 Å². The molecule has 0 fully saturated rings. The lowest BCUT2D eigenvalue weighted by Crippen LogP contribution is -2.26. The van der Waals surface area contributed by atoms with Gasteiger partial charge >= 0.3 is 0 Å². The van der Waals surface area contributed by atoms with Gasteiger partial charge < -0.3 is 15.4 Å². The van der Waals surface area contributed by atoms with Crippen molar-refractivity contribution in [1.29, 1.82) is 5.26 Å². The van der Waals surface area contributed by atoms with Crippen molar-refractivity contribution in [2.45, 2.75) is 6.42 Å². The molecule has 2 aromatic carbocycles. The minimum Gasteiger partial charge on any atom is -0.497 e. The van der Waals surface area contributed by atoms with Gasteiger partial charge in [-0.2, -0.15) is 5.26 Å². The number of methoxy groups -OCH3 is 1. The van der Waals surface area contributed by atoms with Gasteiger partial charge in [-0.1, -0.05) is 12.1 Å². The van der Waals surface area contributed by atoms with Crippen LogP contribution in [0.3, 0.4) is 0 Å². The molecule has 7 nitrogen and oxygen atoms in total. The highest BCUT2D eigenvalue weighted by molar-refractivity contribution is 5.93. The molecule has 1 aromatic heterocycles. The fourth-order valence-electron chi connectivity index (χ4n) is 2.48. The molecule has 0 aliphatic rings. The highest BCUT2D eigenvalue weighted by Crippen LogP contribution is 2.14. The van der Waals surface area contributed by atoms with Crippen LogP contribution in [0, 0.1) is 11.3 Å². The number of hydrogen-bond donors (Lipinski definition) is 2. The fourth-order valence-corrected chi connectivity index (χ4v) is 2.48. The molecule has 3 rings (SSSR count). The third-order valence-corrected chi connectivity index (χ3v) is 4.04. The summed E-state index contributed by atoms with van der Waals surface area (Å²) in [5.74, 6) is 0.956. The average molecular weight is 373 g/mol. The number of hydrogen-bond acceptors (Lipinski definition) is 6. The van der Waals surface area contributed by atoms with E-state index in [9.17, 15) is 4.79 Å². The summed E-state index contributed by atoms with van der Waals surface area (Å²) < 4.78 is 5.13. The quantitative estimate of drug-likeness (QED) is 0.660. The highest BCUT2D eigenvalue weighted by Gasteiger charge is 2.07. The molecule has 140 valence electrons. The van der Waals surface area contributed by atoms with Crippen molar-refractivity contribution in [1.82, 2.24) is 15.3 Å². The van der Waals surface area contributed by atoms with Crippen molar-refractivity contribution >= 4 is 17.5 Å². The lowest BCUT2D eigenvalue weighted by molar-refractivity contribution is 0.0953. The van der Waals surface area contributed by atoms with Gasteiger partial charge in [-0.3, -0.25) is 4.79 Å². The molecule has 0 bridgehead atoms. The van der Waals surface area contributed by atoms with Crippen LogP contribution >= 0.6 is 0 Å². The van der Waals surface area contributed by atoms with Gasteiger partial charge in [0.25, 0.3) is 5.91 Å². The molecule has 1 amide bonds. The average Bonchev–Trinajstić information content (AvgIpc) is 2.75. The topological polar surface area (TPSA) is 99.9 Å². The Morgan fingerprint density at radius 2 is 1.75 bits per heavy atom. The molecule has 0 radical (unpaired) electrons. The molecular weight excluding hydrogens is 354 g/mol. The molecule has 28 heavy (non-hydrogen) atoms. The Hall–Kier alpha value is -3.92. The van der Waals surface area contributed by atoms with Crippen LogP contribution in [0.4, 0.5) is 11.6 Å². The fraction of sp³-hybridized carbons (Fsp3) is 0.143. The number of carbonyl (C=O) groups excluding carboxylic acids is 1. The molecule has 7 heteroatoms. The molecule has 0 unspecified atom stereocenters. The third-order valence-electron chi connectivity index (χ3n) is 4.04. The van der Waals surface area contributed by atoms with E-state index in [1.54, 1.807) is 31.4 Å². The number of anilines is 2. The van der Waals surface area contributed by atoms with Crippen molar-refractivity contribution in [3.8, 4) is 11.8 Å². The second kappa shape index (κ2) is 9.14. The molecule has 0 atom stereocenters. The van der Waals surface area contributed by atoms with Gasteiger partial charge in [0.1, 0.15) is 5.75 Å². The van der Waals surface area contributed by atoms with Gasteiger partial charge in [-0.25, -0.2) is 9.97 Å². The summed E-state index contributed by atoms with van der Waals surface area (Å²) in [6.45, 7) is 0.510. The van der Waals surface area contributed by atoms with E-state index in [4.69, 9.17) is 10.00 Å². The number of rotatable bonds is 7. The Bertz CT molecular complexity index is 962. The molecule has 0 aliphatic carbocycles. The maximum Gasteiger partial charge on any atom is 0.254 e. The number of ether oxygens (including phenoxy) is 1. The number of aromatic nitrogens is 2. The smallest absolute Gasteiger partial charge is 0.254 e. The molecule has 0 spiro atoms. The maximum atomic E-state index is 12.2. The Labute approximate surface area is 163 Å². The number of amides is 1. The SMILES string of the molecule is COc1ccc(CCNC(=O)c2cnc(Nc3ccc(C#N)cc3)nc2)cc1. The Morgan fingerprint density at radius 1 is 1.07 bits per heavy atom. The summed E-state index contributed by atoms with van der Waals surface area (Å²) >= 11 is 0. The second-order valence-electron chi connectivity index (χ2n) is 5.96. The van der Waals surface area contributed by atoms with Gasteiger partial charge in [0.2, 0.25) is 5.95 Å². The largest absolute Gasteiger partial charge is 0.497 e. The molecule has 0 aliphatic heterocycles. The van der Waals surface area contributed by atoms with Crippen molar-refractivity contribution in [3.05, 3.63) is 77.6 Å². The van der Waals surface area contributed by atoms with Crippen LogP contribution in [0.1, 0.15) is 21.5 Å². The number of benzene rings is 2. The predicted molar refractivity (Wildman–Crippen MR) is 106 cm³/mol. The molecular formula is C21H19N5O2. The van der Waals surface area contributed by atoms with Gasteiger partial charge in [0.15, 0.2) is 0 Å². The lowest BCUT2D eigenvalue weighted by Gasteiger charge is -2.07. The van der Waals surface area contributed by atoms with E-state index in [1.807, 2.05) is 24.3 Å². The van der Waals surface area contributed by atoms with Gasteiger partial charge in [-0.05, 0) is 48.4 Å². The Kier molecular flexibility index (Phi) is 6.16. The van der Waals surface area contributed by atoms with Crippen molar-refractivity contribution < 1.29 is 9.53 Å². The minimum atomic E-state index is -0.224. The zero-order valence-electron chi connectivity index (χ0n) is 15.3. The van der Waals surface area contributed by atoms with E-state index >= 15 is 0 Å². The monoisotopic (exact) mass is 373 g/mol. The van der Waals surface area contributed by atoms with E-state index in [-0.39, 0.29) is 5.91 Å². The maximum absolute atomic E-state index is 12.2. The highest BCUT2D eigenvalue weighted by atomic mass is 16.5. The number of nitriles is 1. The molecule has 0 saturated carbocycles. The summed E-state index contributed by atoms with van der Waals surface area (Å²) in [4.78, 5) is 20.5. The number of nitrogens with zero attached hydrogens (tertiary/aromatic N) is 3. The first kappa shape index (κ1) is 18.9. The van der Waals surface area contributed by atoms with Crippen molar-refractivity contribution in [2.24, 2.45) is 0 Å². The van der Waals surface area contributed by atoms with E-state index in [2.05, 4.69) is 26.7 Å². The van der Waals surface area contributed by atoms with Crippen LogP contribution in [0.2, 0.25) is 0 Å². The van der Waals surface area contributed by atoms with Crippen LogP contribution in [-0.2, 0) is 6.42 Å². The van der Waals surface area contributed by atoms with E-state index in [0.717, 1.165) is 23.4 Å². The first-order valence-corrected chi connectivity index (χ1v) is 8.68. The summed E-state index contributed by atoms with van der Waals surface area (Å²) in [5.41, 5.74) is 2.84. The van der Waals surface area contributed by atoms with Crippen LogP contribution < -0.4 is 15.4 Å². The molecule has 0 saturated heterocycles. The minimum absolute atomic E-state index is 0.224. The van der Waals surface area contributed by atoms with Crippen molar-refractivity contribution in [2.75, 3.05) is 19.0 Å². The lowest BCUT2D eigenvalue weighted by atomic mass is 10.1. The standard InChI is InChI=1S/C21H19N5O2/c1-28-19-8-4-15(5-9-19)10-11-23-20(27)17-13-24-21(25-14-17)26-18-6-2-16(12-22)3-7-18/h2-9,13-14H,10-11H2,1H3,(H,23,27)(H,24,25,26). The van der Waals surface area contributed by atoms with Crippen LogP contribution in [0.5, 0.6) is 5.75 Å². The first-order valence-electron chi connectivity index (χ1n) is 8.68. The predicted octanol–water partition coefficient (Wildman–Crippen LogP) is 3.07. The summed E-state index contributed by atoms with van der Waals surface area (Å²) in [6.07, 6.45) is 3.66. The van der Waals surface area contributed by atoms with Crippen molar-refractivity contribution in [3.63, 3.8) is 0 Å². The van der Waals surface area contributed by atoms with E-state index in [1.165, 1.54) is 12.4 Å². The van der Waals surface area contributed by atoms with Crippen LogP contribution in [-0.4, -0.2) is 29.5 Å². The van der Waals surface area contributed by atoms with Gasteiger partial charge in [0.05, 0.1) is 24.3 Å². The second-order valence-corrected chi connectivity index (χ2v) is 5.96. The Balaban J connectivity index is 1.50. The third kappa shape index (κ3) is 5.05. The normalized spacial score (nSPS) is 10.0.